The third-order valence-electron chi connectivity index (χ3n) is 4.25. The van der Waals surface area contributed by atoms with Crippen molar-refractivity contribution in [1.29, 1.82) is 0 Å². The number of halogens is 1. The fourth-order valence-electron chi connectivity index (χ4n) is 2.86. The average Bonchev–Trinajstić information content (AvgIpc) is 2.86. The second-order valence-corrected chi connectivity index (χ2v) is 8.21. The number of nitrogens with one attached hydrogen (secondary N) is 1. The van der Waals surface area contributed by atoms with Crippen molar-refractivity contribution in [3.63, 3.8) is 0 Å². The molecule has 0 amide bonds. The largest absolute Gasteiger partial charge is 0.505 e. The van der Waals surface area contributed by atoms with E-state index in [1.807, 2.05) is 0 Å². The summed E-state index contributed by atoms with van der Waals surface area (Å²) in [5, 5.41) is 47.5. The lowest BCUT2D eigenvalue weighted by Crippen LogP contribution is -1.98. The molecule has 0 saturated heterocycles. The van der Waals surface area contributed by atoms with E-state index in [1.165, 1.54) is 6.33 Å². The molecular formula is C19H13ClN6O7S2. The van der Waals surface area contributed by atoms with E-state index in [4.69, 9.17) is 22.1 Å². The van der Waals surface area contributed by atoms with Crippen molar-refractivity contribution >= 4 is 69.5 Å². The van der Waals surface area contributed by atoms with Crippen LogP contribution >= 0.6 is 35.7 Å². The smallest absolute Gasteiger partial charge is 0.231 e. The predicted octanol–water partition coefficient (Wildman–Crippen LogP) is 6.40. The van der Waals surface area contributed by atoms with Crippen LogP contribution in [0.15, 0.2) is 74.9 Å². The monoisotopic (exact) mass is 536 g/mol. The number of aromatic nitrogens is 3. The summed E-state index contributed by atoms with van der Waals surface area (Å²) in [5.74, 6) is 0.00733. The Hall–Kier alpha value is -3.12. The molecule has 4 N–H and O–H groups in total. The van der Waals surface area contributed by atoms with Gasteiger partial charge in [-0.15, -0.1) is 13.8 Å². The molecule has 0 atom stereocenters. The molecule has 0 unspecified atom stereocenters. The molecule has 1 aromatic heterocycles. The molecule has 0 aliphatic heterocycles. The van der Waals surface area contributed by atoms with Crippen molar-refractivity contribution in [3.05, 3.63) is 60.1 Å². The van der Waals surface area contributed by atoms with Crippen molar-refractivity contribution in [2.45, 2.75) is 9.79 Å². The van der Waals surface area contributed by atoms with Crippen LogP contribution in [0, 0.1) is 0 Å². The summed E-state index contributed by atoms with van der Waals surface area (Å²) in [4.78, 5) is 12.6. The first-order valence-electron chi connectivity index (χ1n) is 9.30. The van der Waals surface area contributed by atoms with Gasteiger partial charge in [0.1, 0.15) is 12.0 Å². The predicted molar refractivity (Wildman–Crippen MR) is 126 cm³/mol. The highest BCUT2D eigenvalue weighted by Crippen LogP contribution is 2.44. The van der Waals surface area contributed by atoms with Crippen molar-refractivity contribution in [3.8, 4) is 5.75 Å². The molecule has 3 aromatic carbocycles. The molecule has 35 heavy (non-hydrogen) atoms. The summed E-state index contributed by atoms with van der Waals surface area (Å²) in [6.07, 6.45) is 1.26. The van der Waals surface area contributed by atoms with Gasteiger partial charge in [-0.05, 0) is 53.4 Å². The highest BCUT2D eigenvalue weighted by atomic mass is 35.5. The zero-order valence-corrected chi connectivity index (χ0v) is 19.5. The van der Waals surface area contributed by atoms with Gasteiger partial charge in [0.15, 0.2) is 5.75 Å². The van der Waals surface area contributed by atoms with Gasteiger partial charge in [0.25, 0.3) is 0 Å². The molecule has 0 aliphatic carbocycles. The normalized spacial score (nSPS) is 11.4. The Labute approximate surface area is 209 Å². The van der Waals surface area contributed by atoms with Gasteiger partial charge >= 0.3 is 0 Å². The quantitative estimate of drug-likeness (QED) is 0.0759. The fourth-order valence-corrected chi connectivity index (χ4v) is 3.89. The maximum atomic E-state index is 11.0. The van der Waals surface area contributed by atoms with Crippen LogP contribution in [0.1, 0.15) is 0 Å². The van der Waals surface area contributed by atoms with E-state index in [0.717, 1.165) is 12.0 Å². The van der Waals surface area contributed by atoms with E-state index in [1.54, 1.807) is 48.5 Å². The fraction of sp³-hybridized carbons (Fsp3) is 0. The first-order valence-corrected chi connectivity index (χ1v) is 11.2. The van der Waals surface area contributed by atoms with Gasteiger partial charge in [-0.25, -0.2) is 20.5 Å². The number of azo groups is 1. The zero-order chi connectivity index (χ0) is 24.6. The van der Waals surface area contributed by atoms with Crippen molar-refractivity contribution < 1.29 is 34.4 Å². The average molecular weight is 537 g/mol. The maximum Gasteiger partial charge on any atom is 0.231 e. The molecule has 0 radical (unpaired) electrons. The van der Waals surface area contributed by atoms with Crippen LogP contribution in [0.2, 0.25) is 5.28 Å². The number of nitrogens with zero attached hydrogens (tertiary/aromatic N) is 5. The molecule has 0 spiro atoms. The van der Waals surface area contributed by atoms with Gasteiger partial charge in [0.05, 0.1) is 34.7 Å². The Balaban J connectivity index is 1.70. The summed E-state index contributed by atoms with van der Waals surface area (Å²) in [6, 6.07) is 13.4. The lowest BCUT2D eigenvalue weighted by molar-refractivity contribution is -0.432. The van der Waals surface area contributed by atoms with Gasteiger partial charge in [-0.1, -0.05) is 22.2 Å². The maximum absolute atomic E-state index is 11.0. The second-order valence-electron chi connectivity index (χ2n) is 6.36. The Kier molecular flexibility index (Phi) is 8.59. The molecule has 180 valence electrons. The van der Waals surface area contributed by atoms with Crippen LogP contribution in [-0.4, -0.2) is 30.6 Å². The lowest BCUT2D eigenvalue weighted by Gasteiger charge is -2.11. The minimum absolute atomic E-state index is 0.0273. The Morgan fingerprint density at radius 1 is 0.943 bits per heavy atom. The number of hydrogen-bond acceptors (Lipinski definition) is 15. The number of aromatic hydroxyl groups is 1. The summed E-state index contributed by atoms with van der Waals surface area (Å²) >= 11 is 7.18. The third-order valence-corrected chi connectivity index (χ3v) is 5.63. The SMILES string of the molecule is OOOSc1cccc(N=Nc2c(SOOO)cc3ccc(Nc4ncnc(Cl)n4)cc3c2O)c1. The Bertz CT molecular complexity index is 1370. The minimum Gasteiger partial charge on any atom is -0.505 e. The van der Waals surface area contributed by atoms with Gasteiger partial charge in [-0.3, -0.25) is 0 Å². The van der Waals surface area contributed by atoms with Crippen molar-refractivity contribution in [1.82, 2.24) is 15.0 Å². The van der Waals surface area contributed by atoms with Crippen molar-refractivity contribution in [2.75, 3.05) is 5.32 Å². The number of benzene rings is 3. The molecule has 0 bridgehead atoms. The molecule has 13 nitrogen and oxygen atoms in total. The van der Waals surface area contributed by atoms with Crippen LogP contribution in [-0.2, 0) is 18.7 Å². The summed E-state index contributed by atoms with van der Waals surface area (Å²) in [7, 11) is 0. The second kappa shape index (κ2) is 12.0. The van der Waals surface area contributed by atoms with E-state index in [0.29, 0.717) is 44.0 Å². The van der Waals surface area contributed by atoms with Crippen LogP contribution in [0.5, 0.6) is 5.75 Å². The van der Waals surface area contributed by atoms with E-state index < -0.39 is 0 Å². The van der Waals surface area contributed by atoms with Gasteiger partial charge in [-0.2, -0.15) is 10.1 Å². The first kappa shape index (κ1) is 25.0. The first-order chi connectivity index (χ1) is 17.1. The number of hydrogen-bond donors (Lipinski definition) is 4. The topological polar surface area (TPSA) is 173 Å². The highest BCUT2D eigenvalue weighted by molar-refractivity contribution is 7.94. The van der Waals surface area contributed by atoms with Crippen LogP contribution in [0.25, 0.3) is 10.8 Å². The number of fused-ring (bicyclic) bond motifs is 1. The Morgan fingerprint density at radius 2 is 1.77 bits per heavy atom. The molecule has 0 fully saturated rings. The van der Waals surface area contributed by atoms with Crippen LogP contribution in [0.4, 0.5) is 23.0 Å². The minimum atomic E-state index is -0.213. The number of phenols is 1. The van der Waals surface area contributed by atoms with Crippen molar-refractivity contribution in [2.24, 2.45) is 10.2 Å². The van der Waals surface area contributed by atoms with Crippen LogP contribution < -0.4 is 5.32 Å². The molecule has 0 saturated carbocycles. The summed E-state index contributed by atoms with van der Waals surface area (Å²) in [5.41, 5.74) is 1.02. The molecule has 16 heteroatoms. The molecular weight excluding hydrogens is 524 g/mol. The van der Waals surface area contributed by atoms with E-state index in [9.17, 15) is 5.11 Å². The number of anilines is 2. The standard InChI is InChI=1S/C19H13ClN6O7S2/c20-18-21-9-22-19(24-18)23-11-5-4-10-6-15(35-33-31-29)16(17(27)14(10)8-11)26-25-12-2-1-3-13(7-12)34-32-30-28/h1-9,27-29H,(H,21,22,23,24). The summed E-state index contributed by atoms with van der Waals surface area (Å²) < 4.78 is 8.95. The lowest BCUT2D eigenvalue weighted by atomic mass is 10.1. The molecule has 0 aliphatic rings. The van der Waals surface area contributed by atoms with Gasteiger partial charge in [0.2, 0.25) is 11.2 Å². The third kappa shape index (κ3) is 6.51. The Morgan fingerprint density at radius 3 is 2.57 bits per heavy atom. The zero-order valence-electron chi connectivity index (χ0n) is 17.1. The van der Waals surface area contributed by atoms with Gasteiger partial charge < -0.3 is 10.4 Å². The van der Waals surface area contributed by atoms with E-state index in [2.05, 4.69) is 49.2 Å². The highest BCUT2D eigenvalue weighted by Gasteiger charge is 2.16. The molecule has 4 rings (SSSR count). The summed E-state index contributed by atoms with van der Waals surface area (Å²) in [6.45, 7) is 0. The number of phenolic OH excluding ortho intramolecular Hbond substituents is 1. The number of rotatable bonds is 10. The van der Waals surface area contributed by atoms with Crippen LogP contribution in [0.3, 0.4) is 0 Å². The van der Waals surface area contributed by atoms with E-state index >= 15 is 0 Å². The molecule has 4 aromatic rings. The van der Waals surface area contributed by atoms with Gasteiger partial charge in [0, 0.05) is 16.0 Å². The molecule has 1 heterocycles. The van der Waals surface area contributed by atoms with E-state index in [-0.39, 0.29) is 22.7 Å².